The fourth-order valence-electron chi connectivity index (χ4n) is 2.51. The van der Waals surface area contributed by atoms with Crippen molar-refractivity contribution in [3.05, 3.63) is 0 Å². The van der Waals surface area contributed by atoms with Crippen molar-refractivity contribution in [3.63, 3.8) is 0 Å². The van der Waals surface area contributed by atoms with Crippen molar-refractivity contribution < 1.29 is 14.3 Å². The quantitative estimate of drug-likeness (QED) is 0.440. The van der Waals surface area contributed by atoms with Crippen molar-refractivity contribution in [3.8, 4) is 0 Å². The van der Waals surface area contributed by atoms with Crippen LogP contribution in [0.5, 0.6) is 0 Å². The lowest BCUT2D eigenvalue weighted by atomic mass is 10.1. The zero-order valence-electron chi connectivity index (χ0n) is 12.7. The number of ether oxygens (including phenoxy) is 2. The third-order valence-electron chi connectivity index (χ3n) is 3.74. The molecular formula is C16H30O3. The molecular weight excluding hydrogens is 240 g/mol. The van der Waals surface area contributed by atoms with Gasteiger partial charge in [0, 0.05) is 13.0 Å². The van der Waals surface area contributed by atoms with E-state index in [2.05, 4.69) is 6.92 Å². The first-order valence-electron chi connectivity index (χ1n) is 8.03. The Labute approximate surface area is 118 Å². The van der Waals surface area contributed by atoms with Gasteiger partial charge in [-0.2, -0.15) is 0 Å². The molecule has 3 heteroatoms. The van der Waals surface area contributed by atoms with Gasteiger partial charge in [-0.15, -0.1) is 0 Å². The molecule has 1 saturated heterocycles. The molecule has 1 aliphatic heterocycles. The Morgan fingerprint density at radius 2 is 2.11 bits per heavy atom. The van der Waals surface area contributed by atoms with Gasteiger partial charge in [-0.3, -0.25) is 4.79 Å². The number of rotatable bonds is 10. The third-order valence-corrected chi connectivity index (χ3v) is 3.74. The van der Waals surface area contributed by atoms with Crippen LogP contribution < -0.4 is 0 Å². The monoisotopic (exact) mass is 270 g/mol. The fraction of sp³-hybridized carbons (Fsp3) is 0.938. The third kappa shape index (κ3) is 8.25. The van der Waals surface area contributed by atoms with E-state index in [0.717, 1.165) is 38.7 Å². The molecule has 1 aliphatic rings. The van der Waals surface area contributed by atoms with Crippen molar-refractivity contribution in [1.82, 2.24) is 0 Å². The van der Waals surface area contributed by atoms with E-state index in [1.54, 1.807) is 0 Å². The Kier molecular flexibility index (Phi) is 8.89. The Hall–Kier alpha value is -0.570. The van der Waals surface area contributed by atoms with Crippen LogP contribution in [-0.2, 0) is 14.3 Å². The van der Waals surface area contributed by atoms with E-state index < -0.39 is 0 Å². The molecule has 0 spiro atoms. The zero-order valence-corrected chi connectivity index (χ0v) is 12.7. The molecule has 0 N–H and O–H groups in total. The second-order valence-electron chi connectivity index (χ2n) is 5.68. The summed E-state index contributed by atoms with van der Waals surface area (Å²) in [6.07, 6.45) is 11.2. The van der Waals surface area contributed by atoms with Crippen LogP contribution >= 0.6 is 0 Å². The first kappa shape index (κ1) is 16.5. The highest BCUT2D eigenvalue weighted by atomic mass is 16.5. The maximum atomic E-state index is 11.6. The predicted molar refractivity (Wildman–Crippen MR) is 77.1 cm³/mol. The molecule has 0 aromatic heterocycles. The molecule has 0 radical (unpaired) electrons. The molecule has 1 fully saturated rings. The van der Waals surface area contributed by atoms with E-state index >= 15 is 0 Å². The molecule has 2 unspecified atom stereocenters. The summed E-state index contributed by atoms with van der Waals surface area (Å²) in [5.41, 5.74) is 0. The largest absolute Gasteiger partial charge is 0.463 e. The molecule has 0 aromatic rings. The molecule has 0 saturated carbocycles. The van der Waals surface area contributed by atoms with Gasteiger partial charge < -0.3 is 9.47 Å². The first-order valence-corrected chi connectivity index (χ1v) is 8.03. The summed E-state index contributed by atoms with van der Waals surface area (Å²) in [6, 6.07) is 0. The summed E-state index contributed by atoms with van der Waals surface area (Å²) in [5, 5.41) is 0. The van der Waals surface area contributed by atoms with Gasteiger partial charge in [-0.25, -0.2) is 0 Å². The number of hydrogen-bond acceptors (Lipinski definition) is 3. The van der Waals surface area contributed by atoms with Crippen molar-refractivity contribution in [2.45, 2.75) is 90.3 Å². The van der Waals surface area contributed by atoms with E-state index in [9.17, 15) is 4.79 Å². The van der Waals surface area contributed by atoms with Crippen LogP contribution in [-0.4, -0.2) is 24.8 Å². The normalized spacial score (nSPS) is 20.4. The van der Waals surface area contributed by atoms with Gasteiger partial charge in [0.25, 0.3) is 0 Å². The minimum atomic E-state index is -0.0312. The number of esters is 1. The second kappa shape index (κ2) is 10.2. The zero-order chi connectivity index (χ0) is 13.9. The Balaban J connectivity index is 1.97. The molecule has 1 rings (SSSR count). The van der Waals surface area contributed by atoms with Crippen molar-refractivity contribution in [2.24, 2.45) is 0 Å². The van der Waals surface area contributed by atoms with Gasteiger partial charge >= 0.3 is 5.97 Å². The van der Waals surface area contributed by atoms with Crippen molar-refractivity contribution >= 4 is 5.97 Å². The van der Waals surface area contributed by atoms with Crippen LogP contribution in [0.1, 0.15) is 78.1 Å². The molecule has 112 valence electrons. The van der Waals surface area contributed by atoms with Gasteiger partial charge in [0.2, 0.25) is 0 Å². The second-order valence-corrected chi connectivity index (χ2v) is 5.68. The van der Waals surface area contributed by atoms with Crippen LogP contribution in [0.25, 0.3) is 0 Å². The van der Waals surface area contributed by atoms with Crippen LogP contribution in [0, 0.1) is 0 Å². The summed E-state index contributed by atoms with van der Waals surface area (Å²) < 4.78 is 11.0. The molecule has 19 heavy (non-hydrogen) atoms. The minimum Gasteiger partial charge on any atom is -0.463 e. The summed E-state index contributed by atoms with van der Waals surface area (Å²) in [7, 11) is 0. The van der Waals surface area contributed by atoms with Gasteiger partial charge in [-0.05, 0) is 39.0 Å². The van der Waals surface area contributed by atoms with Gasteiger partial charge in [-0.1, -0.05) is 32.6 Å². The summed E-state index contributed by atoms with van der Waals surface area (Å²) in [5.74, 6) is -0.0312. The summed E-state index contributed by atoms with van der Waals surface area (Å²) in [4.78, 5) is 11.6. The minimum absolute atomic E-state index is 0.0312. The fourth-order valence-corrected chi connectivity index (χ4v) is 2.51. The number of carbonyl (C=O) groups is 1. The maximum absolute atomic E-state index is 11.6. The van der Waals surface area contributed by atoms with Gasteiger partial charge in [0.15, 0.2) is 0 Å². The number of unbranched alkanes of at least 4 members (excludes halogenated alkanes) is 4. The van der Waals surface area contributed by atoms with E-state index in [4.69, 9.17) is 9.47 Å². The lowest BCUT2D eigenvalue weighted by molar-refractivity contribution is -0.148. The molecule has 0 aromatic carbocycles. The maximum Gasteiger partial charge on any atom is 0.306 e. The molecule has 1 heterocycles. The average molecular weight is 270 g/mol. The first-order chi connectivity index (χ1) is 9.22. The smallest absolute Gasteiger partial charge is 0.306 e. The van der Waals surface area contributed by atoms with Crippen LogP contribution in [0.4, 0.5) is 0 Å². The van der Waals surface area contributed by atoms with Crippen molar-refractivity contribution in [2.75, 3.05) is 6.61 Å². The van der Waals surface area contributed by atoms with E-state index in [0.29, 0.717) is 12.5 Å². The molecule has 0 amide bonds. The van der Waals surface area contributed by atoms with Crippen LogP contribution in [0.3, 0.4) is 0 Å². The molecule has 0 aliphatic carbocycles. The predicted octanol–water partition coefficient (Wildman–Crippen LogP) is 4.24. The topological polar surface area (TPSA) is 35.5 Å². The highest BCUT2D eigenvalue weighted by Crippen LogP contribution is 2.18. The van der Waals surface area contributed by atoms with Crippen molar-refractivity contribution in [1.29, 1.82) is 0 Å². The van der Waals surface area contributed by atoms with Crippen LogP contribution in [0.2, 0.25) is 0 Å². The highest BCUT2D eigenvalue weighted by Gasteiger charge is 2.17. The van der Waals surface area contributed by atoms with E-state index in [1.807, 2.05) is 6.92 Å². The standard InChI is InChI=1S/C16H30O3/c1-3-4-5-6-7-10-16(17)19-14(2)11-12-15-9-8-13-18-15/h14-15H,3-13H2,1-2H3. The SMILES string of the molecule is CCCCCCCC(=O)OC(C)CCC1CCCO1. The molecule has 0 bridgehead atoms. The Morgan fingerprint density at radius 1 is 1.32 bits per heavy atom. The summed E-state index contributed by atoms with van der Waals surface area (Å²) in [6.45, 7) is 5.09. The van der Waals surface area contributed by atoms with E-state index in [-0.39, 0.29) is 12.1 Å². The number of hydrogen-bond donors (Lipinski definition) is 0. The van der Waals surface area contributed by atoms with Gasteiger partial charge in [0.05, 0.1) is 12.2 Å². The van der Waals surface area contributed by atoms with Gasteiger partial charge in [0.1, 0.15) is 0 Å². The lowest BCUT2D eigenvalue weighted by Crippen LogP contribution is -2.17. The number of carbonyl (C=O) groups excluding carboxylic acids is 1. The highest BCUT2D eigenvalue weighted by molar-refractivity contribution is 5.69. The molecule has 3 nitrogen and oxygen atoms in total. The average Bonchev–Trinajstić information content (AvgIpc) is 2.89. The Bertz CT molecular complexity index is 234. The lowest BCUT2D eigenvalue weighted by Gasteiger charge is -2.15. The van der Waals surface area contributed by atoms with E-state index in [1.165, 1.54) is 25.7 Å². The summed E-state index contributed by atoms with van der Waals surface area (Å²) >= 11 is 0. The van der Waals surface area contributed by atoms with Crippen LogP contribution in [0.15, 0.2) is 0 Å². The Morgan fingerprint density at radius 3 is 2.79 bits per heavy atom. The molecule has 2 atom stereocenters.